The molecule has 0 saturated heterocycles. The van der Waals surface area contributed by atoms with Crippen LogP contribution in [0.4, 0.5) is 0 Å². The molecule has 0 saturated carbocycles. The first-order valence-electron chi connectivity index (χ1n) is 9.14. The third-order valence-electron chi connectivity index (χ3n) is 4.73. The van der Waals surface area contributed by atoms with Crippen LogP contribution in [0.15, 0.2) is 89.5 Å². The van der Waals surface area contributed by atoms with Gasteiger partial charge < -0.3 is 4.42 Å². The molecule has 5 rings (SSSR count). The third kappa shape index (κ3) is 2.85. The van der Waals surface area contributed by atoms with E-state index in [1.807, 2.05) is 79.7 Å². The fraction of sp³-hybridized carbons (Fsp3) is 0.0417. The standard InChI is InChI=1S/C24H17N3O/c1-16-15-28-21-19(16)13-8-14-20(21)24-26-22(17-9-4-2-5-10-17)25-23(27-24)18-11-6-3-7-12-18/h2-15H,1H3. The minimum absolute atomic E-state index is 0.604. The van der Waals surface area contributed by atoms with E-state index in [9.17, 15) is 0 Å². The number of rotatable bonds is 3. The Labute approximate surface area is 162 Å². The lowest BCUT2D eigenvalue weighted by molar-refractivity contribution is 0.613. The van der Waals surface area contributed by atoms with Gasteiger partial charge in [-0.15, -0.1) is 0 Å². The summed E-state index contributed by atoms with van der Waals surface area (Å²) in [4.78, 5) is 14.3. The first-order valence-corrected chi connectivity index (χ1v) is 9.14. The Morgan fingerprint density at radius 2 is 1.18 bits per heavy atom. The van der Waals surface area contributed by atoms with Crippen LogP contribution in [-0.4, -0.2) is 15.0 Å². The van der Waals surface area contributed by atoms with Gasteiger partial charge in [0.15, 0.2) is 17.5 Å². The quantitative estimate of drug-likeness (QED) is 0.399. The van der Waals surface area contributed by atoms with E-state index < -0.39 is 0 Å². The third-order valence-corrected chi connectivity index (χ3v) is 4.73. The van der Waals surface area contributed by atoms with Gasteiger partial charge in [0.1, 0.15) is 5.58 Å². The zero-order valence-electron chi connectivity index (χ0n) is 15.3. The number of para-hydroxylation sites is 1. The van der Waals surface area contributed by atoms with Crippen molar-refractivity contribution in [3.05, 3.63) is 90.7 Å². The summed E-state index contributed by atoms with van der Waals surface area (Å²) in [6.45, 7) is 2.04. The number of furan rings is 1. The Morgan fingerprint density at radius 1 is 0.607 bits per heavy atom. The maximum Gasteiger partial charge on any atom is 0.167 e. The van der Waals surface area contributed by atoms with Crippen LogP contribution in [0.25, 0.3) is 45.1 Å². The SMILES string of the molecule is Cc1coc2c(-c3nc(-c4ccccc4)nc(-c4ccccc4)n3)cccc12. The highest BCUT2D eigenvalue weighted by atomic mass is 16.3. The molecule has 0 atom stereocenters. The maximum absolute atomic E-state index is 5.82. The highest BCUT2D eigenvalue weighted by Crippen LogP contribution is 2.31. The lowest BCUT2D eigenvalue weighted by atomic mass is 10.1. The van der Waals surface area contributed by atoms with Crippen molar-refractivity contribution in [1.29, 1.82) is 0 Å². The number of hydrogen-bond donors (Lipinski definition) is 0. The van der Waals surface area contributed by atoms with Crippen molar-refractivity contribution >= 4 is 11.0 Å². The Balaban J connectivity index is 1.77. The molecule has 0 amide bonds. The van der Waals surface area contributed by atoms with Gasteiger partial charge >= 0.3 is 0 Å². The molecule has 0 spiro atoms. The van der Waals surface area contributed by atoms with Crippen LogP contribution < -0.4 is 0 Å². The molecular formula is C24H17N3O. The normalized spacial score (nSPS) is 11.0. The van der Waals surface area contributed by atoms with E-state index >= 15 is 0 Å². The fourth-order valence-electron chi connectivity index (χ4n) is 3.29. The molecule has 28 heavy (non-hydrogen) atoms. The van der Waals surface area contributed by atoms with Crippen LogP contribution >= 0.6 is 0 Å². The first kappa shape index (κ1) is 16.4. The van der Waals surface area contributed by atoms with Gasteiger partial charge in [-0.2, -0.15) is 0 Å². The van der Waals surface area contributed by atoms with Crippen LogP contribution in [0, 0.1) is 6.92 Å². The van der Waals surface area contributed by atoms with Gasteiger partial charge in [-0.25, -0.2) is 15.0 Å². The molecule has 0 fully saturated rings. The van der Waals surface area contributed by atoms with Gasteiger partial charge in [-0.05, 0) is 18.6 Å². The molecular weight excluding hydrogens is 346 g/mol. The average Bonchev–Trinajstić information content (AvgIpc) is 3.16. The minimum atomic E-state index is 0.604. The molecule has 4 nitrogen and oxygen atoms in total. The summed E-state index contributed by atoms with van der Waals surface area (Å²) in [5, 5.41) is 1.07. The number of benzene rings is 3. The molecule has 5 aromatic rings. The number of aromatic nitrogens is 3. The van der Waals surface area contributed by atoms with Crippen molar-refractivity contribution < 1.29 is 4.42 Å². The summed E-state index contributed by atoms with van der Waals surface area (Å²) in [5.74, 6) is 1.89. The summed E-state index contributed by atoms with van der Waals surface area (Å²) >= 11 is 0. The topological polar surface area (TPSA) is 51.8 Å². The minimum Gasteiger partial charge on any atom is -0.463 e. The van der Waals surface area contributed by atoms with Crippen LogP contribution in [0.2, 0.25) is 0 Å². The van der Waals surface area contributed by atoms with Crippen molar-refractivity contribution in [2.24, 2.45) is 0 Å². The van der Waals surface area contributed by atoms with Crippen molar-refractivity contribution in [2.75, 3.05) is 0 Å². The Kier molecular flexibility index (Phi) is 3.95. The van der Waals surface area contributed by atoms with Gasteiger partial charge in [0, 0.05) is 16.5 Å². The first-order chi connectivity index (χ1) is 13.8. The van der Waals surface area contributed by atoms with E-state index in [-0.39, 0.29) is 0 Å². The zero-order valence-corrected chi connectivity index (χ0v) is 15.3. The van der Waals surface area contributed by atoms with Crippen LogP contribution in [0.1, 0.15) is 5.56 Å². The summed E-state index contributed by atoms with van der Waals surface area (Å²) in [7, 11) is 0. The van der Waals surface area contributed by atoms with Crippen LogP contribution in [0.5, 0.6) is 0 Å². The molecule has 2 aromatic heterocycles. The van der Waals surface area contributed by atoms with Gasteiger partial charge in [0.2, 0.25) is 0 Å². The van der Waals surface area contributed by atoms with Gasteiger partial charge in [0.25, 0.3) is 0 Å². The second-order valence-electron chi connectivity index (χ2n) is 6.64. The molecule has 0 bridgehead atoms. The molecule has 0 aliphatic rings. The number of hydrogen-bond acceptors (Lipinski definition) is 4. The van der Waals surface area contributed by atoms with E-state index in [2.05, 4.69) is 6.07 Å². The number of nitrogens with zero attached hydrogens (tertiary/aromatic N) is 3. The molecule has 0 unspecified atom stereocenters. The Morgan fingerprint density at radius 3 is 1.79 bits per heavy atom. The Bertz CT molecular complexity index is 1200. The molecule has 0 aliphatic carbocycles. The summed E-state index contributed by atoms with van der Waals surface area (Å²) < 4.78 is 5.82. The average molecular weight is 363 g/mol. The van der Waals surface area contributed by atoms with Crippen LogP contribution in [-0.2, 0) is 0 Å². The molecule has 0 radical (unpaired) electrons. The van der Waals surface area contributed by atoms with Gasteiger partial charge in [0.05, 0.1) is 11.8 Å². The van der Waals surface area contributed by atoms with Gasteiger partial charge in [-0.3, -0.25) is 0 Å². The second-order valence-corrected chi connectivity index (χ2v) is 6.64. The smallest absolute Gasteiger partial charge is 0.167 e. The molecule has 0 N–H and O–H groups in total. The highest BCUT2D eigenvalue weighted by molar-refractivity contribution is 5.93. The van der Waals surface area contributed by atoms with Gasteiger partial charge in [-0.1, -0.05) is 72.8 Å². The summed E-state index contributed by atoms with van der Waals surface area (Å²) in [6, 6.07) is 26.0. The number of aryl methyl sites for hydroxylation is 1. The monoisotopic (exact) mass is 363 g/mol. The number of fused-ring (bicyclic) bond motifs is 1. The predicted octanol–water partition coefficient (Wildman–Crippen LogP) is 5.93. The van der Waals surface area contributed by atoms with E-state index in [1.165, 1.54) is 0 Å². The van der Waals surface area contributed by atoms with E-state index in [0.717, 1.165) is 33.2 Å². The fourth-order valence-corrected chi connectivity index (χ4v) is 3.29. The largest absolute Gasteiger partial charge is 0.463 e. The lowest BCUT2D eigenvalue weighted by Gasteiger charge is -2.08. The zero-order chi connectivity index (χ0) is 18.9. The molecule has 0 aliphatic heterocycles. The maximum atomic E-state index is 5.82. The highest BCUT2D eigenvalue weighted by Gasteiger charge is 2.16. The molecule has 134 valence electrons. The van der Waals surface area contributed by atoms with E-state index in [1.54, 1.807) is 6.26 Å². The van der Waals surface area contributed by atoms with E-state index in [4.69, 9.17) is 19.4 Å². The Hall–Kier alpha value is -3.79. The van der Waals surface area contributed by atoms with Crippen molar-refractivity contribution in [1.82, 2.24) is 15.0 Å². The summed E-state index contributed by atoms with van der Waals surface area (Å²) in [6.07, 6.45) is 1.77. The molecule has 3 aromatic carbocycles. The molecule has 2 heterocycles. The van der Waals surface area contributed by atoms with Crippen molar-refractivity contribution in [2.45, 2.75) is 6.92 Å². The van der Waals surface area contributed by atoms with Crippen molar-refractivity contribution in [3.63, 3.8) is 0 Å². The second kappa shape index (κ2) is 6.74. The molecule has 4 heteroatoms. The summed E-state index contributed by atoms with van der Waals surface area (Å²) in [5.41, 5.74) is 4.65. The predicted molar refractivity (Wildman–Crippen MR) is 111 cm³/mol. The van der Waals surface area contributed by atoms with E-state index in [0.29, 0.717) is 17.5 Å². The van der Waals surface area contributed by atoms with Crippen LogP contribution in [0.3, 0.4) is 0 Å². The lowest BCUT2D eigenvalue weighted by Crippen LogP contribution is -2.00. The van der Waals surface area contributed by atoms with Crippen molar-refractivity contribution in [3.8, 4) is 34.2 Å².